The van der Waals surface area contributed by atoms with E-state index in [-0.39, 0.29) is 5.92 Å². The van der Waals surface area contributed by atoms with Crippen LogP contribution in [0.2, 0.25) is 0 Å². The van der Waals surface area contributed by atoms with Crippen LogP contribution in [-0.2, 0) is 32.8 Å². The molecule has 2 aliphatic heterocycles. The molecule has 2 fully saturated rings. The molecule has 0 saturated carbocycles. The second kappa shape index (κ2) is 16.3. The molecule has 0 radical (unpaired) electrons. The summed E-state index contributed by atoms with van der Waals surface area (Å²) in [4.78, 5) is 49.4. The van der Waals surface area contributed by atoms with Crippen LogP contribution in [0, 0.1) is 5.92 Å². The number of carbonyl (C=O) groups is 4. The molecule has 13 nitrogen and oxygen atoms in total. The molecule has 0 amide bonds. The van der Waals surface area contributed by atoms with E-state index in [1.54, 1.807) is 0 Å². The maximum atomic E-state index is 11.4. The minimum Gasteiger partial charge on any atom is -0.481 e. The summed E-state index contributed by atoms with van der Waals surface area (Å²) in [6.45, 7) is 5.98. The minimum absolute atomic E-state index is 0.281. The predicted octanol–water partition coefficient (Wildman–Crippen LogP) is 1.45. The number of rotatable bonds is 3. The van der Waals surface area contributed by atoms with E-state index >= 15 is 0 Å². The zero-order valence-electron chi connectivity index (χ0n) is 22.3. The molecule has 2 saturated heterocycles. The van der Waals surface area contributed by atoms with Crippen molar-refractivity contribution in [2.24, 2.45) is 13.0 Å². The lowest BCUT2D eigenvalue weighted by molar-refractivity contribution is -0.193. The number of imidazole rings is 1. The zero-order valence-corrected chi connectivity index (χ0v) is 22.3. The average Bonchev–Trinajstić information content (AvgIpc) is 3.14. The molecule has 2 atom stereocenters. The van der Waals surface area contributed by atoms with Gasteiger partial charge in [0.2, 0.25) is 0 Å². The lowest BCUT2D eigenvalue weighted by Crippen LogP contribution is -2.55. The molecule has 2 unspecified atom stereocenters. The monoisotopic (exact) mass is 649 g/mol. The van der Waals surface area contributed by atoms with Gasteiger partial charge in [-0.2, -0.15) is 39.5 Å². The number of likely N-dealkylation sites (N-methyl/N-ethyl adjacent to an activating group) is 1. The first-order chi connectivity index (χ1) is 19.4. The molecule has 3 rings (SSSR count). The molecule has 22 heteroatoms. The molecule has 0 bridgehead atoms. The first-order valence-electron chi connectivity index (χ1n) is 11.6. The third-order valence-corrected chi connectivity index (χ3v) is 5.56. The number of carboxylic acid groups (broad SMARTS) is 4. The number of alkyl halides is 9. The van der Waals surface area contributed by atoms with Crippen LogP contribution in [0.3, 0.4) is 0 Å². The van der Waals surface area contributed by atoms with E-state index in [0.717, 1.165) is 38.5 Å². The number of piperazine rings is 1. The molecule has 1 aromatic heterocycles. The van der Waals surface area contributed by atoms with Crippen LogP contribution < -0.4 is 0 Å². The molecule has 4 N–H and O–H groups in total. The van der Waals surface area contributed by atoms with E-state index in [1.165, 1.54) is 0 Å². The van der Waals surface area contributed by atoms with Crippen LogP contribution >= 0.6 is 0 Å². The lowest BCUT2D eigenvalue weighted by atomic mass is 10.1. The Bertz CT molecular complexity index is 1020. The number of carboxylic acids is 4. The number of aryl methyl sites for hydroxylation is 1. The molecule has 1 aromatic rings. The first kappa shape index (κ1) is 39.3. The molecule has 43 heavy (non-hydrogen) atoms. The zero-order chi connectivity index (χ0) is 33.9. The van der Waals surface area contributed by atoms with Crippen molar-refractivity contribution >= 4 is 23.9 Å². The van der Waals surface area contributed by atoms with Crippen LogP contribution in [0.5, 0.6) is 0 Å². The van der Waals surface area contributed by atoms with Crippen molar-refractivity contribution in [1.29, 1.82) is 0 Å². The fourth-order valence-corrected chi connectivity index (χ4v) is 3.57. The van der Waals surface area contributed by atoms with Gasteiger partial charge in [0.25, 0.3) is 0 Å². The van der Waals surface area contributed by atoms with Gasteiger partial charge in [-0.25, -0.2) is 19.4 Å². The third-order valence-electron chi connectivity index (χ3n) is 5.56. The van der Waals surface area contributed by atoms with Gasteiger partial charge in [0.15, 0.2) is 0 Å². The summed E-state index contributed by atoms with van der Waals surface area (Å²) in [5, 5.41) is 30.7. The molecular weight excluding hydrogens is 621 g/mol. The number of fused-ring (bicyclic) bond motifs is 1. The number of hydrogen-bond acceptors (Lipinski definition) is 8. The highest BCUT2D eigenvalue weighted by Crippen LogP contribution is 2.19. The maximum Gasteiger partial charge on any atom is 0.490 e. The Balaban J connectivity index is 0.000000690. The highest BCUT2D eigenvalue weighted by Gasteiger charge is 2.39. The van der Waals surface area contributed by atoms with Crippen molar-refractivity contribution in [2.75, 3.05) is 46.3 Å². The van der Waals surface area contributed by atoms with Crippen molar-refractivity contribution in [3.05, 3.63) is 18.2 Å². The number of hydrogen-bond donors (Lipinski definition) is 4. The van der Waals surface area contributed by atoms with E-state index in [4.69, 9.17) is 29.7 Å². The molecule has 2 aliphatic rings. The summed E-state index contributed by atoms with van der Waals surface area (Å²) < 4.78 is 97.3. The van der Waals surface area contributed by atoms with Gasteiger partial charge in [0, 0.05) is 64.8 Å². The van der Waals surface area contributed by atoms with E-state index in [1.807, 2.05) is 26.5 Å². The van der Waals surface area contributed by atoms with Gasteiger partial charge in [-0.1, -0.05) is 0 Å². The fraction of sp³-hybridized carbons (Fsp3) is 0.667. The molecule has 3 heterocycles. The molecule has 0 spiro atoms. The van der Waals surface area contributed by atoms with Gasteiger partial charge in [-0.15, -0.1) is 0 Å². The average molecular weight is 649 g/mol. The Morgan fingerprint density at radius 3 is 1.56 bits per heavy atom. The second-order valence-electron chi connectivity index (χ2n) is 9.00. The maximum absolute atomic E-state index is 11.4. The summed E-state index contributed by atoms with van der Waals surface area (Å²) in [6.07, 6.45) is -11.4. The van der Waals surface area contributed by atoms with Crippen molar-refractivity contribution < 1.29 is 79.1 Å². The highest BCUT2D eigenvalue weighted by atomic mass is 19.4. The number of aliphatic carboxylic acids is 4. The van der Waals surface area contributed by atoms with Crippen molar-refractivity contribution in [1.82, 2.24) is 24.3 Å². The molecular formula is C21H28F9N5O8. The van der Waals surface area contributed by atoms with E-state index < -0.39 is 42.4 Å². The van der Waals surface area contributed by atoms with Gasteiger partial charge < -0.3 is 29.9 Å². The quantitative estimate of drug-likeness (QED) is 0.348. The summed E-state index contributed by atoms with van der Waals surface area (Å²) in [7, 11) is 4.05. The Hall–Kier alpha value is -3.66. The van der Waals surface area contributed by atoms with E-state index in [9.17, 15) is 49.4 Å². The number of halogens is 9. The van der Waals surface area contributed by atoms with Crippen LogP contribution in [0.25, 0.3) is 0 Å². The minimum atomic E-state index is -5.08. The molecule has 248 valence electrons. The second-order valence-corrected chi connectivity index (χ2v) is 9.00. The standard InChI is InChI=1S/C15H25N5O2.3C2HF3O2/c1-17-7-12(15(21)22)8-20-6-5-19(10-13(20)9-17)11-14-16-3-4-18(14)2;3*3-2(4,5)1(6)7/h3-4,12-13H,5-11H2,1-2H3,(H,21,22);3*(H,6,7). The van der Waals surface area contributed by atoms with Crippen molar-refractivity contribution in [3.8, 4) is 0 Å². The van der Waals surface area contributed by atoms with Gasteiger partial charge >= 0.3 is 42.4 Å². The van der Waals surface area contributed by atoms with Crippen LogP contribution in [0.15, 0.2) is 12.4 Å². The molecule has 0 aromatic carbocycles. The van der Waals surface area contributed by atoms with Crippen LogP contribution in [-0.4, -0.2) is 139 Å². The SMILES string of the molecule is CN1CC(C(=O)O)CN2CCN(Cc3nccn3C)CC2C1.O=C(O)C(F)(F)F.O=C(O)C(F)(F)F.O=C(O)C(F)(F)F. The molecule has 0 aliphatic carbocycles. The van der Waals surface area contributed by atoms with Gasteiger partial charge in [-0.05, 0) is 7.05 Å². The summed E-state index contributed by atoms with van der Waals surface area (Å²) >= 11 is 0. The Kier molecular flexibility index (Phi) is 14.9. The first-order valence-corrected chi connectivity index (χ1v) is 11.6. The summed E-state index contributed by atoms with van der Waals surface area (Å²) in [5.41, 5.74) is 0. The summed E-state index contributed by atoms with van der Waals surface area (Å²) in [6, 6.07) is 0.406. The predicted molar refractivity (Wildman–Crippen MR) is 124 cm³/mol. The topological polar surface area (TPSA) is 177 Å². The Morgan fingerprint density at radius 1 is 0.767 bits per heavy atom. The van der Waals surface area contributed by atoms with Gasteiger partial charge in [0.1, 0.15) is 5.82 Å². The normalized spacial score (nSPS) is 20.0. The van der Waals surface area contributed by atoms with Crippen molar-refractivity contribution in [2.45, 2.75) is 31.1 Å². The van der Waals surface area contributed by atoms with Gasteiger partial charge in [-0.3, -0.25) is 14.6 Å². The van der Waals surface area contributed by atoms with E-state index in [2.05, 4.69) is 24.3 Å². The smallest absolute Gasteiger partial charge is 0.481 e. The Labute approximate surface area is 236 Å². The Morgan fingerprint density at radius 2 is 1.21 bits per heavy atom. The summed E-state index contributed by atoms with van der Waals surface area (Å²) in [5.74, 6) is -8.15. The fourth-order valence-electron chi connectivity index (χ4n) is 3.57. The van der Waals surface area contributed by atoms with Crippen LogP contribution in [0.4, 0.5) is 39.5 Å². The lowest BCUT2D eigenvalue weighted by Gasteiger charge is -2.41. The number of nitrogens with zero attached hydrogens (tertiary/aromatic N) is 5. The number of aromatic nitrogens is 2. The van der Waals surface area contributed by atoms with Gasteiger partial charge in [0.05, 0.1) is 12.5 Å². The van der Waals surface area contributed by atoms with Crippen molar-refractivity contribution in [3.63, 3.8) is 0 Å². The third kappa shape index (κ3) is 15.4. The van der Waals surface area contributed by atoms with E-state index in [0.29, 0.717) is 19.1 Å². The largest absolute Gasteiger partial charge is 0.490 e. The van der Waals surface area contributed by atoms with Crippen LogP contribution in [0.1, 0.15) is 5.82 Å². The highest BCUT2D eigenvalue weighted by molar-refractivity contribution is 5.73.